The van der Waals surface area contributed by atoms with Gasteiger partial charge in [-0.15, -0.1) is 13.2 Å². The van der Waals surface area contributed by atoms with Crippen LogP contribution in [0.3, 0.4) is 0 Å². The molecule has 0 spiro atoms. The molecular weight excluding hydrogens is 315 g/mol. The number of nitrogen functional groups attached to an aromatic ring is 2. The van der Waals surface area contributed by atoms with E-state index in [2.05, 4.69) is 14.7 Å². The van der Waals surface area contributed by atoms with E-state index >= 15 is 0 Å². The second kappa shape index (κ2) is 5.88. The molecule has 1 aromatic carbocycles. The Labute approximate surface area is 128 Å². The minimum Gasteiger partial charge on any atom is -0.496 e. The van der Waals surface area contributed by atoms with E-state index in [1.54, 1.807) is 0 Å². The highest BCUT2D eigenvalue weighted by Gasteiger charge is 2.31. The quantitative estimate of drug-likeness (QED) is 0.886. The number of hydrogen-bond acceptors (Lipinski definition) is 7. The molecule has 0 saturated carbocycles. The summed E-state index contributed by atoms with van der Waals surface area (Å²) in [5.41, 5.74) is 11.3. The SMILES string of the molecule is COc1cc(OC(F)(F)F)ccc1-c1nc(N)nc(N)c1C#N. The maximum Gasteiger partial charge on any atom is 0.573 e. The summed E-state index contributed by atoms with van der Waals surface area (Å²) in [7, 11) is 1.25. The van der Waals surface area contributed by atoms with E-state index in [1.165, 1.54) is 13.2 Å². The van der Waals surface area contributed by atoms with Gasteiger partial charge in [-0.2, -0.15) is 10.2 Å². The van der Waals surface area contributed by atoms with Gasteiger partial charge < -0.3 is 20.9 Å². The molecule has 0 atom stereocenters. The molecule has 1 aromatic heterocycles. The van der Waals surface area contributed by atoms with E-state index in [0.717, 1.165) is 12.1 Å². The van der Waals surface area contributed by atoms with Crippen molar-refractivity contribution in [3.63, 3.8) is 0 Å². The van der Waals surface area contributed by atoms with Crippen molar-refractivity contribution < 1.29 is 22.6 Å². The average molecular weight is 325 g/mol. The first-order valence-electron chi connectivity index (χ1n) is 6.02. The van der Waals surface area contributed by atoms with Crippen molar-refractivity contribution in [3.05, 3.63) is 23.8 Å². The Hall–Kier alpha value is -3.22. The largest absolute Gasteiger partial charge is 0.573 e. The molecule has 0 fully saturated rings. The molecule has 120 valence electrons. The third kappa shape index (κ3) is 3.52. The van der Waals surface area contributed by atoms with Gasteiger partial charge in [0.25, 0.3) is 0 Å². The van der Waals surface area contributed by atoms with Crippen molar-refractivity contribution in [2.45, 2.75) is 6.36 Å². The Morgan fingerprint density at radius 2 is 1.91 bits per heavy atom. The number of ether oxygens (including phenoxy) is 2. The second-order valence-electron chi connectivity index (χ2n) is 4.21. The molecule has 10 heteroatoms. The zero-order valence-corrected chi connectivity index (χ0v) is 11.7. The topological polar surface area (TPSA) is 120 Å². The lowest BCUT2D eigenvalue weighted by Gasteiger charge is -2.14. The monoisotopic (exact) mass is 325 g/mol. The van der Waals surface area contributed by atoms with E-state index < -0.39 is 12.1 Å². The van der Waals surface area contributed by atoms with E-state index in [9.17, 15) is 13.2 Å². The summed E-state index contributed by atoms with van der Waals surface area (Å²) in [6.45, 7) is 0. The molecular formula is C13H10F3N5O2. The number of nitrogens with two attached hydrogens (primary N) is 2. The number of anilines is 2. The first-order chi connectivity index (χ1) is 10.7. The van der Waals surface area contributed by atoms with Gasteiger partial charge in [-0.05, 0) is 12.1 Å². The average Bonchev–Trinajstić information content (AvgIpc) is 2.44. The summed E-state index contributed by atoms with van der Waals surface area (Å²) in [5.74, 6) is -0.811. The lowest BCUT2D eigenvalue weighted by molar-refractivity contribution is -0.274. The van der Waals surface area contributed by atoms with Crippen LogP contribution < -0.4 is 20.9 Å². The Morgan fingerprint density at radius 1 is 1.22 bits per heavy atom. The van der Waals surface area contributed by atoms with Crippen LogP contribution in [0.25, 0.3) is 11.3 Å². The molecule has 0 aliphatic carbocycles. The van der Waals surface area contributed by atoms with Gasteiger partial charge >= 0.3 is 6.36 Å². The fourth-order valence-corrected chi connectivity index (χ4v) is 1.87. The number of rotatable bonds is 3. The highest BCUT2D eigenvalue weighted by molar-refractivity contribution is 5.77. The summed E-state index contributed by atoms with van der Waals surface area (Å²) in [4.78, 5) is 7.57. The molecule has 0 bridgehead atoms. The van der Waals surface area contributed by atoms with Gasteiger partial charge in [0.05, 0.1) is 12.8 Å². The molecule has 0 aliphatic heterocycles. The first-order valence-corrected chi connectivity index (χ1v) is 6.02. The lowest BCUT2D eigenvalue weighted by Crippen LogP contribution is -2.17. The fourth-order valence-electron chi connectivity index (χ4n) is 1.87. The predicted molar refractivity (Wildman–Crippen MR) is 74.2 cm³/mol. The van der Waals surface area contributed by atoms with Crippen LogP contribution in [0.15, 0.2) is 18.2 Å². The Balaban J connectivity index is 2.59. The molecule has 0 saturated heterocycles. The molecule has 23 heavy (non-hydrogen) atoms. The third-order valence-corrected chi connectivity index (χ3v) is 2.73. The van der Waals surface area contributed by atoms with Crippen LogP contribution in [0.2, 0.25) is 0 Å². The van der Waals surface area contributed by atoms with Crippen molar-refractivity contribution in [2.24, 2.45) is 0 Å². The minimum absolute atomic E-state index is 0.000694. The smallest absolute Gasteiger partial charge is 0.496 e. The van der Waals surface area contributed by atoms with Crippen molar-refractivity contribution in [3.8, 4) is 28.8 Å². The standard InChI is InChI=1S/C13H10F3N5O2/c1-22-9-4-6(23-13(14,15)16)2-3-7(9)10-8(5-17)11(18)21-12(19)20-10/h2-4H,1H3,(H4,18,19,20,21). The zero-order chi connectivity index (χ0) is 17.2. The molecule has 7 nitrogen and oxygen atoms in total. The fraction of sp³-hybridized carbons (Fsp3) is 0.154. The minimum atomic E-state index is -4.84. The van der Waals surface area contributed by atoms with Crippen LogP contribution >= 0.6 is 0 Å². The number of methoxy groups -OCH3 is 1. The summed E-state index contributed by atoms with van der Waals surface area (Å²) in [5, 5.41) is 9.16. The van der Waals surface area contributed by atoms with Gasteiger partial charge in [0.2, 0.25) is 5.95 Å². The van der Waals surface area contributed by atoms with Crippen molar-refractivity contribution in [1.82, 2.24) is 9.97 Å². The van der Waals surface area contributed by atoms with Gasteiger partial charge in [-0.25, -0.2) is 4.98 Å². The maximum absolute atomic E-state index is 12.3. The lowest BCUT2D eigenvalue weighted by atomic mass is 10.1. The zero-order valence-electron chi connectivity index (χ0n) is 11.7. The summed E-state index contributed by atoms with van der Waals surface area (Å²) in [6.07, 6.45) is -4.84. The van der Waals surface area contributed by atoms with Gasteiger partial charge in [0.1, 0.15) is 28.9 Å². The first kappa shape index (κ1) is 16.2. The molecule has 1 heterocycles. The second-order valence-corrected chi connectivity index (χ2v) is 4.21. The van der Waals surface area contributed by atoms with Crippen LogP contribution in [0.4, 0.5) is 24.9 Å². The Morgan fingerprint density at radius 3 is 2.48 bits per heavy atom. The van der Waals surface area contributed by atoms with Crippen molar-refractivity contribution in [1.29, 1.82) is 5.26 Å². The van der Waals surface area contributed by atoms with E-state index in [-0.39, 0.29) is 34.3 Å². The number of hydrogen-bond donors (Lipinski definition) is 2. The predicted octanol–water partition coefficient (Wildman–Crippen LogP) is 2.09. The summed E-state index contributed by atoms with van der Waals surface area (Å²) < 4.78 is 45.6. The molecule has 0 radical (unpaired) electrons. The number of alkyl halides is 3. The molecule has 2 rings (SSSR count). The Bertz CT molecular complexity index is 786. The van der Waals surface area contributed by atoms with Crippen LogP contribution in [-0.4, -0.2) is 23.4 Å². The van der Waals surface area contributed by atoms with Gasteiger partial charge in [0, 0.05) is 11.6 Å². The van der Waals surface area contributed by atoms with Gasteiger partial charge in [-0.1, -0.05) is 0 Å². The molecule has 0 aliphatic rings. The summed E-state index contributed by atoms with van der Waals surface area (Å²) >= 11 is 0. The van der Waals surface area contributed by atoms with Gasteiger partial charge in [-0.3, -0.25) is 0 Å². The third-order valence-electron chi connectivity index (χ3n) is 2.73. The number of benzene rings is 1. The van der Waals surface area contributed by atoms with Crippen LogP contribution in [0, 0.1) is 11.3 Å². The molecule has 2 aromatic rings. The van der Waals surface area contributed by atoms with Gasteiger partial charge in [0.15, 0.2) is 0 Å². The van der Waals surface area contributed by atoms with Crippen LogP contribution in [0.5, 0.6) is 11.5 Å². The number of aromatic nitrogens is 2. The molecule has 4 N–H and O–H groups in total. The normalized spacial score (nSPS) is 10.9. The number of nitrogens with zero attached hydrogens (tertiary/aromatic N) is 3. The van der Waals surface area contributed by atoms with Crippen LogP contribution in [-0.2, 0) is 0 Å². The highest BCUT2D eigenvalue weighted by atomic mass is 19.4. The molecule has 0 amide bonds. The van der Waals surface area contributed by atoms with E-state index in [0.29, 0.717) is 0 Å². The highest BCUT2D eigenvalue weighted by Crippen LogP contribution is 2.36. The van der Waals surface area contributed by atoms with Crippen molar-refractivity contribution >= 4 is 11.8 Å². The maximum atomic E-state index is 12.3. The van der Waals surface area contributed by atoms with E-state index in [1.807, 2.05) is 6.07 Å². The Kier molecular flexibility index (Phi) is 4.13. The van der Waals surface area contributed by atoms with Crippen LogP contribution in [0.1, 0.15) is 5.56 Å². The number of nitriles is 1. The van der Waals surface area contributed by atoms with Crippen molar-refractivity contribution in [2.75, 3.05) is 18.6 Å². The van der Waals surface area contributed by atoms with E-state index in [4.69, 9.17) is 21.5 Å². The number of halogens is 3. The molecule has 0 unspecified atom stereocenters. The summed E-state index contributed by atoms with van der Waals surface area (Å²) in [6, 6.07) is 5.14.